The fraction of sp³-hybridized carbons (Fsp3) is 0.556. The topological polar surface area (TPSA) is 96.6 Å². The van der Waals surface area contributed by atoms with Crippen LogP contribution in [-0.4, -0.2) is 83.8 Å². The summed E-state index contributed by atoms with van der Waals surface area (Å²) < 4.78 is 10.3. The second-order valence-corrected chi connectivity index (χ2v) is 6.50. The van der Waals surface area contributed by atoms with Crippen molar-refractivity contribution < 1.29 is 14.1 Å². The second-order valence-electron chi connectivity index (χ2n) is 6.50. The van der Waals surface area contributed by atoms with Gasteiger partial charge in [0.15, 0.2) is 0 Å². The van der Waals surface area contributed by atoms with Crippen molar-refractivity contribution >= 4 is 5.91 Å². The van der Waals surface area contributed by atoms with Crippen LogP contribution in [0.15, 0.2) is 29.0 Å². The molecule has 1 saturated heterocycles. The van der Waals surface area contributed by atoms with E-state index in [4.69, 9.17) is 9.26 Å². The summed E-state index contributed by atoms with van der Waals surface area (Å²) in [5.41, 5.74) is 0.842. The number of pyridine rings is 1. The van der Waals surface area contributed by atoms with Crippen LogP contribution in [-0.2, 0) is 16.1 Å². The fourth-order valence-corrected chi connectivity index (χ4v) is 2.93. The maximum atomic E-state index is 11.9. The molecule has 1 fully saturated rings. The van der Waals surface area contributed by atoms with Gasteiger partial charge in [-0.05, 0) is 18.6 Å². The minimum absolute atomic E-state index is 0.0672. The van der Waals surface area contributed by atoms with Gasteiger partial charge in [-0.2, -0.15) is 4.98 Å². The fourth-order valence-electron chi connectivity index (χ4n) is 2.93. The van der Waals surface area contributed by atoms with Crippen molar-refractivity contribution in [2.24, 2.45) is 0 Å². The largest absolute Gasteiger partial charge is 0.385 e. The molecule has 1 aliphatic heterocycles. The van der Waals surface area contributed by atoms with E-state index in [0.717, 1.165) is 38.2 Å². The molecule has 3 rings (SSSR count). The molecule has 0 radical (unpaired) electrons. The molecular weight excluding hydrogens is 348 g/mol. The lowest BCUT2D eigenvalue weighted by molar-refractivity contribution is -0.122. The van der Waals surface area contributed by atoms with Gasteiger partial charge in [-0.15, -0.1) is 0 Å². The lowest BCUT2D eigenvalue weighted by atomic mass is 10.3. The number of rotatable bonds is 9. The Bertz CT molecular complexity index is 700. The summed E-state index contributed by atoms with van der Waals surface area (Å²) in [6.07, 6.45) is 4.26. The lowest BCUT2D eigenvalue weighted by Crippen LogP contribution is -2.49. The highest BCUT2D eigenvalue weighted by Gasteiger charge is 2.21. The standard InChI is InChI=1S/C18H26N6O3/c1-26-11-3-6-20-16(25)13-23-7-9-24(10-8-23)14-17-21-18(22-27-17)15-4-2-5-19-12-15/h2,4-5,12H,3,6-11,13-14H2,1H3,(H,20,25). The number of amides is 1. The molecule has 1 N–H and O–H groups in total. The van der Waals surface area contributed by atoms with Crippen LogP contribution < -0.4 is 5.32 Å². The quantitative estimate of drug-likeness (QED) is 0.630. The first-order valence-corrected chi connectivity index (χ1v) is 9.18. The number of carbonyl (C=O) groups excluding carboxylic acids is 1. The van der Waals surface area contributed by atoms with Gasteiger partial charge >= 0.3 is 0 Å². The molecule has 9 heteroatoms. The van der Waals surface area contributed by atoms with Crippen LogP contribution in [0.25, 0.3) is 11.4 Å². The molecule has 1 aliphatic rings. The number of methoxy groups -OCH3 is 1. The highest BCUT2D eigenvalue weighted by Crippen LogP contribution is 2.15. The van der Waals surface area contributed by atoms with Crippen LogP contribution in [0.1, 0.15) is 12.3 Å². The van der Waals surface area contributed by atoms with Crippen molar-refractivity contribution in [2.45, 2.75) is 13.0 Å². The highest BCUT2D eigenvalue weighted by molar-refractivity contribution is 5.77. The SMILES string of the molecule is COCCCNC(=O)CN1CCN(Cc2nc(-c3cccnc3)no2)CC1. The average Bonchev–Trinajstić information content (AvgIpc) is 3.16. The first-order valence-electron chi connectivity index (χ1n) is 9.18. The van der Waals surface area contributed by atoms with Gasteiger partial charge in [-0.1, -0.05) is 5.16 Å². The zero-order valence-electron chi connectivity index (χ0n) is 15.6. The highest BCUT2D eigenvalue weighted by atomic mass is 16.5. The number of nitrogens with zero attached hydrogens (tertiary/aromatic N) is 5. The van der Waals surface area contributed by atoms with E-state index < -0.39 is 0 Å². The van der Waals surface area contributed by atoms with Gasteiger partial charge in [0.2, 0.25) is 17.6 Å². The monoisotopic (exact) mass is 374 g/mol. The zero-order valence-corrected chi connectivity index (χ0v) is 15.6. The van der Waals surface area contributed by atoms with Crippen LogP contribution in [0.4, 0.5) is 0 Å². The number of piperazine rings is 1. The van der Waals surface area contributed by atoms with E-state index in [0.29, 0.717) is 38.0 Å². The van der Waals surface area contributed by atoms with Crippen molar-refractivity contribution in [3.63, 3.8) is 0 Å². The second kappa shape index (κ2) is 10.1. The molecule has 0 spiro atoms. The Hall–Kier alpha value is -2.36. The minimum atomic E-state index is 0.0672. The number of nitrogens with one attached hydrogen (secondary N) is 1. The van der Waals surface area contributed by atoms with E-state index in [1.54, 1.807) is 19.5 Å². The van der Waals surface area contributed by atoms with Crippen LogP contribution in [0.2, 0.25) is 0 Å². The van der Waals surface area contributed by atoms with Gasteiger partial charge in [-0.3, -0.25) is 19.6 Å². The minimum Gasteiger partial charge on any atom is -0.385 e. The van der Waals surface area contributed by atoms with E-state index in [9.17, 15) is 4.79 Å². The third-order valence-corrected chi connectivity index (χ3v) is 4.43. The Morgan fingerprint density at radius 2 is 2.11 bits per heavy atom. The molecule has 0 unspecified atom stereocenters. The number of aromatic nitrogens is 3. The van der Waals surface area contributed by atoms with Gasteiger partial charge in [0.25, 0.3) is 0 Å². The van der Waals surface area contributed by atoms with E-state index in [2.05, 4.69) is 30.2 Å². The third kappa shape index (κ3) is 6.09. The number of hydrogen-bond acceptors (Lipinski definition) is 8. The van der Waals surface area contributed by atoms with E-state index in [-0.39, 0.29) is 5.91 Å². The van der Waals surface area contributed by atoms with E-state index in [1.165, 1.54) is 0 Å². The van der Waals surface area contributed by atoms with Crippen molar-refractivity contribution in [1.82, 2.24) is 30.2 Å². The molecule has 1 amide bonds. The first-order chi connectivity index (χ1) is 13.2. The van der Waals surface area contributed by atoms with Crippen LogP contribution in [0, 0.1) is 0 Å². The summed E-state index contributed by atoms with van der Waals surface area (Å²) in [5, 5.41) is 6.94. The molecule has 0 aromatic carbocycles. The Morgan fingerprint density at radius 1 is 1.30 bits per heavy atom. The summed E-state index contributed by atoms with van der Waals surface area (Å²) >= 11 is 0. The summed E-state index contributed by atoms with van der Waals surface area (Å²) in [5.74, 6) is 1.22. The Morgan fingerprint density at radius 3 is 2.85 bits per heavy atom. The number of carbonyl (C=O) groups is 1. The summed E-state index contributed by atoms with van der Waals surface area (Å²) in [6, 6.07) is 3.75. The van der Waals surface area contributed by atoms with Crippen LogP contribution in [0.5, 0.6) is 0 Å². The Balaban J connectivity index is 1.38. The Kier molecular flexibility index (Phi) is 7.26. The summed E-state index contributed by atoms with van der Waals surface area (Å²) in [6.45, 7) is 5.78. The van der Waals surface area contributed by atoms with Crippen molar-refractivity contribution in [1.29, 1.82) is 0 Å². The molecule has 0 saturated carbocycles. The smallest absolute Gasteiger partial charge is 0.241 e. The summed E-state index contributed by atoms with van der Waals surface area (Å²) in [7, 11) is 1.66. The van der Waals surface area contributed by atoms with Gasteiger partial charge < -0.3 is 14.6 Å². The predicted molar refractivity (Wildman–Crippen MR) is 98.7 cm³/mol. The van der Waals surface area contributed by atoms with Crippen molar-refractivity contribution in [3.05, 3.63) is 30.4 Å². The summed E-state index contributed by atoms with van der Waals surface area (Å²) in [4.78, 5) is 24.9. The molecule has 3 heterocycles. The van der Waals surface area contributed by atoms with Gasteiger partial charge in [0.1, 0.15) is 0 Å². The molecule has 9 nitrogen and oxygen atoms in total. The normalized spacial score (nSPS) is 15.7. The third-order valence-electron chi connectivity index (χ3n) is 4.43. The first kappa shape index (κ1) is 19.4. The molecule has 0 bridgehead atoms. The van der Waals surface area contributed by atoms with Crippen LogP contribution >= 0.6 is 0 Å². The molecule has 27 heavy (non-hydrogen) atoms. The predicted octanol–water partition coefficient (Wildman–Crippen LogP) is 0.402. The zero-order chi connectivity index (χ0) is 18.9. The van der Waals surface area contributed by atoms with Gasteiger partial charge in [0, 0.05) is 64.4 Å². The number of ether oxygens (including phenoxy) is 1. The molecule has 2 aromatic heterocycles. The van der Waals surface area contributed by atoms with Gasteiger partial charge in [-0.25, -0.2) is 0 Å². The molecule has 2 aromatic rings. The molecular formula is C18H26N6O3. The molecule has 146 valence electrons. The van der Waals surface area contributed by atoms with Crippen molar-refractivity contribution in [2.75, 3.05) is 53.0 Å². The lowest BCUT2D eigenvalue weighted by Gasteiger charge is -2.33. The average molecular weight is 374 g/mol. The molecule has 0 aliphatic carbocycles. The maximum Gasteiger partial charge on any atom is 0.241 e. The molecule has 0 atom stereocenters. The van der Waals surface area contributed by atoms with Crippen molar-refractivity contribution in [3.8, 4) is 11.4 Å². The maximum absolute atomic E-state index is 11.9. The number of hydrogen-bond donors (Lipinski definition) is 1. The van der Waals surface area contributed by atoms with E-state index >= 15 is 0 Å². The Labute approximate surface area is 158 Å². The van der Waals surface area contributed by atoms with Gasteiger partial charge in [0.05, 0.1) is 13.1 Å². The van der Waals surface area contributed by atoms with E-state index in [1.807, 2.05) is 12.1 Å². The van der Waals surface area contributed by atoms with Crippen LogP contribution in [0.3, 0.4) is 0 Å².